The number of aromatic nitrogens is 1. The zero-order valence-corrected chi connectivity index (χ0v) is 14.1. The molecule has 4 heterocycles. The standard InChI is InChI=1S/C18H17N3O5/c1-25-18(24)16-13-4-3-12(26-13)15(16)17(23)21-8-6-20(7-9-21)14-5-2-11(22)10-19-14/h2-5,10,22H,6-9H2,1H3. The number of ether oxygens (including phenoxy) is 1. The van der Waals surface area contributed by atoms with Crippen LogP contribution in [0.5, 0.6) is 5.75 Å². The summed E-state index contributed by atoms with van der Waals surface area (Å²) in [5, 5.41) is 9.33. The minimum Gasteiger partial charge on any atom is -0.506 e. The molecule has 0 radical (unpaired) electrons. The van der Waals surface area contributed by atoms with Gasteiger partial charge in [0, 0.05) is 26.2 Å². The molecule has 134 valence electrons. The van der Waals surface area contributed by atoms with Gasteiger partial charge in [0.05, 0.1) is 13.3 Å². The second-order valence-electron chi connectivity index (χ2n) is 6.06. The normalized spacial score (nSPS) is 14.8. The van der Waals surface area contributed by atoms with Crippen molar-refractivity contribution in [3.05, 3.63) is 41.6 Å². The Balaban J connectivity index is 1.51. The molecule has 3 aromatic rings. The zero-order valence-electron chi connectivity index (χ0n) is 14.1. The van der Waals surface area contributed by atoms with E-state index in [4.69, 9.17) is 9.15 Å². The van der Waals surface area contributed by atoms with Crippen LogP contribution in [0.25, 0.3) is 11.2 Å². The number of benzene rings is 1. The van der Waals surface area contributed by atoms with Gasteiger partial charge in [-0.25, -0.2) is 9.78 Å². The van der Waals surface area contributed by atoms with Crippen molar-refractivity contribution in [1.82, 2.24) is 9.88 Å². The number of amides is 1. The van der Waals surface area contributed by atoms with Crippen LogP contribution in [0.1, 0.15) is 20.7 Å². The van der Waals surface area contributed by atoms with Gasteiger partial charge in [0.25, 0.3) is 5.91 Å². The minimum absolute atomic E-state index is 0.115. The summed E-state index contributed by atoms with van der Waals surface area (Å²) in [6.07, 6.45) is 1.40. The molecule has 8 heteroatoms. The van der Waals surface area contributed by atoms with Crippen LogP contribution in [-0.2, 0) is 4.74 Å². The first-order valence-corrected chi connectivity index (χ1v) is 8.21. The number of carbonyl (C=O) groups is 2. The van der Waals surface area contributed by atoms with E-state index in [0.717, 1.165) is 5.82 Å². The Labute approximate surface area is 148 Å². The first-order valence-electron chi connectivity index (χ1n) is 8.21. The fraction of sp³-hybridized carbons (Fsp3) is 0.278. The molecule has 3 aromatic heterocycles. The molecule has 1 aliphatic rings. The third kappa shape index (κ3) is 2.59. The number of anilines is 1. The maximum absolute atomic E-state index is 13.0. The van der Waals surface area contributed by atoms with Gasteiger partial charge in [-0.2, -0.15) is 0 Å². The molecular formula is C18H17N3O5. The van der Waals surface area contributed by atoms with Crippen LogP contribution in [0.3, 0.4) is 0 Å². The van der Waals surface area contributed by atoms with Crippen molar-refractivity contribution in [2.75, 3.05) is 38.2 Å². The van der Waals surface area contributed by atoms with E-state index >= 15 is 0 Å². The number of hydrogen-bond donors (Lipinski definition) is 1. The Morgan fingerprint density at radius 3 is 2.38 bits per heavy atom. The minimum atomic E-state index is -0.574. The number of carbonyl (C=O) groups excluding carboxylic acids is 2. The second kappa shape index (κ2) is 6.21. The van der Waals surface area contributed by atoms with E-state index in [2.05, 4.69) is 4.98 Å². The molecule has 26 heavy (non-hydrogen) atoms. The van der Waals surface area contributed by atoms with Crippen LogP contribution >= 0.6 is 0 Å². The van der Waals surface area contributed by atoms with Gasteiger partial charge in [0.1, 0.15) is 33.9 Å². The highest BCUT2D eigenvalue weighted by atomic mass is 16.5. The largest absolute Gasteiger partial charge is 0.506 e. The quantitative estimate of drug-likeness (QED) is 0.715. The molecule has 1 saturated heterocycles. The number of rotatable bonds is 3. The van der Waals surface area contributed by atoms with Crippen LogP contribution in [0, 0.1) is 0 Å². The highest BCUT2D eigenvalue weighted by Crippen LogP contribution is 2.31. The van der Waals surface area contributed by atoms with Gasteiger partial charge in [0.2, 0.25) is 0 Å². The van der Waals surface area contributed by atoms with Gasteiger partial charge in [-0.3, -0.25) is 4.79 Å². The summed E-state index contributed by atoms with van der Waals surface area (Å²) in [4.78, 5) is 32.9. The van der Waals surface area contributed by atoms with E-state index in [-0.39, 0.29) is 22.8 Å². The third-order valence-corrected chi connectivity index (χ3v) is 4.58. The number of hydrogen-bond acceptors (Lipinski definition) is 7. The SMILES string of the molecule is COC(=O)c1c(C(=O)N2CCN(c3ccc(O)cn3)CC2)c2ccc1o2. The average molecular weight is 355 g/mol. The molecule has 1 N–H and O–H groups in total. The summed E-state index contributed by atoms with van der Waals surface area (Å²) in [5.41, 5.74) is 1.22. The van der Waals surface area contributed by atoms with E-state index in [0.29, 0.717) is 37.3 Å². The Bertz CT molecular complexity index is 941. The molecule has 1 fully saturated rings. The van der Waals surface area contributed by atoms with E-state index in [1.807, 2.05) is 4.90 Å². The van der Waals surface area contributed by atoms with Crippen molar-refractivity contribution in [3.8, 4) is 5.75 Å². The maximum atomic E-state index is 13.0. The highest BCUT2D eigenvalue weighted by Gasteiger charge is 2.32. The van der Waals surface area contributed by atoms with E-state index in [1.54, 1.807) is 29.2 Å². The topological polar surface area (TPSA) is 96.1 Å². The molecule has 0 saturated carbocycles. The summed E-state index contributed by atoms with van der Waals surface area (Å²) < 4.78 is 10.3. The van der Waals surface area contributed by atoms with Crippen molar-refractivity contribution in [2.45, 2.75) is 0 Å². The van der Waals surface area contributed by atoms with Crippen LogP contribution in [-0.4, -0.2) is 60.2 Å². The molecular weight excluding hydrogens is 338 g/mol. The molecule has 0 aliphatic carbocycles. The van der Waals surface area contributed by atoms with Crippen LogP contribution in [0.4, 0.5) is 5.82 Å². The molecule has 0 aromatic carbocycles. The first-order chi connectivity index (χ1) is 12.6. The lowest BCUT2D eigenvalue weighted by molar-refractivity contribution is 0.0592. The summed E-state index contributed by atoms with van der Waals surface area (Å²) in [6.45, 7) is 2.19. The number of methoxy groups -OCH3 is 1. The fourth-order valence-corrected chi connectivity index (χ4v) is 3.23. The lowest BCUT2D eigenvalue weighted by Crippen LogP contribution is -2.49. The number of aromatic hydroxyl groups is 1. The van der Waals surface area contributed by atoms with Crippen molar-refractivity contribution in [1.29, 1.82) is 0 Å². The number of furan rings is 2. The second-order valence-corrected chi connectivity index (χ2v) is 6.06. The van der Waals surface area contributed by atoms with E-state index in [1.165, 1.54) is 13.3 Å². The van der Waals surface area contributed by atoms with Gasteiger partial charge in [-0.1, -0.05) is 0 Å². The van der Waals surface area contributed by atoms with Crippen molar-refractivity contribution >= 4 is 28.9 Å². The van der Waals surface area contributed by atoms with Gasteiger partial charge >= 0.3 is 5.97 Å². The molecule has 4 rings (SSSR count). The van der Waals surface area contributed by atoms with Crippen LogP contribution in [0.15, 0.2) is 34.9 Å². The maximum Gasteiger partial charge on any atom is 0.342 e. The van der Waals surface area contributed by atoms with Gasteiger partial charge in [-0.05, 0) is 24.3 Å². The smallest absolute Gasteiger partial charge is 0.342 e. The lowest BCUT2D eigenvalue weighted by Gasteiger charge is -2.35. The summed E-state index contributed by atoms with van der Waals surface area (Å²) in [5.74, 6) is 0.0527. The van der Waals surface area contributed by atoms with Crippen molar-refractivity contribution in [2.24, 2.45) is 0 Å². The molecule has 0 spiro atoms. The molecule has 1 amide bonds. The van der Waals surface area contributed by atoms with Crippen molar-refractivity contribution in [3.63, 3.8) is 0 Å². The van der Waals surface area contributed by atoms with Gasteiger partial charge in [0.15, 0.2) is 0 Å². The third-order valence-electron chi connectivity index (χ3n) is 4.58. The lowest BCUT2D eigenvalue weighted by atomic mass is 10.1. The van der Waals surface area contributed by atoms with Crippen molar-refractivity contribution < 1.29 is 23.8 Å². The average Bonchev–Trinajstić information content (AvgIpc) is 3.29. The molecule has 0 unspecified atom stereocenters. The van der Waals surface area contributed by atoms with Gasteiger partial charge in [-0.15, -0.1) is 0 Å². The Morgan fingerprint density at radius 2 is 1.77 bits per heavy atom. The number of esters is 1. The Kier molecular flexibility index (Phi) is 3.87. The predicted molar refractivity (Wildman–Crippen MR) is 92.8 cm³/mol. The predicted octanol–water partition coefficient (Wildman–Crippen LogP) is 1.72. The Hall–Kier alpha value is -3.29. The van der Waals surface area contributed by atoms with E-state index < -0.39 is 5.97 Å². The Morgan fingerprint density at radius 1 is 1.08 bits per heavy atom. The highest BCUT2D eigenvalue weighted by molar-refractivity contribution is 6.14. The monoisotopic (exact) mass is 355 g/mol. The molecule has 2 bridgehead atoms. The number of nitrogens with zero attached hydrogens (tertiary/aromatic N) is 3. The molecule has 8 nitrogen and oxygen atoms in total. The zero-order chi connectivity index (χ0) is 18.3. The van der Waals surface area contributed by atoms with Crippen LogP contribution < -0.4 is 4.90 Å². The summed E-state index contributed by atoms with van der Waals surface area (Å²) in [6, 6.07) is 6.67. The molecule has 0 atom stereocenters. The number of piperazine rings is 1. The number of pyridine rings is 1. The van der Waals surface area contributed by atoms with Gasteiger partial charge < -0.3 is 24.1 Å². The molecule has 1 aliphatic heterocycles. The first kappa shape index (κ1) is 16.2. The van der Waals surface area contributed by atoms with E-state index in [9.17, 15) is 14.7 Å². The number of fused-ring (bicyclic) bond motifs is 2. The van der Waals surface area contributed by atoms with Crippen LogP contribution in [0.2, 0.25) is 0 Å². The summed E-state index contributed by atoms with van der Waals surface area (Å²) in [7, 11) is 1.28. The summed E-state index contributed by atoms with van der Waals surface area (Å²) >= 11 is 0. The fourth-order valence-electron chi connectivity index (χ4n) is 3.23.